The number of hydrogen-bond donors (Lipinski definition) is 2. The van der Waals surface area contributed by atoms with Crippen molar-refractivity contribution in [3.63, 3.8) is 0 Å². The van der Waals surface area contributed by atoms with Crippen LogP contribution in [0.1, 0.15) is 98.8 Å². The van der Waals surface area contributed by atoms with Gasteiger partial charge in [0.05, 0.1) is 42.6 Å². The average molecular weight is 602 g/mol. The van der Waals surface area contributed by atoms with E-state index in [0.717, 1.165) is 43.4 Å². The summed E-state index contributed by atoms with van der Waals surface area (Å²) >= 11 is 0. The number of esters is 1. The molecule has 12 heteroatoms. The van der Waals surface area contributed by atoms with E-state index in [9.17, 15) is 28.8 Å². The molecule has 2 atom stereocenters. The molecule has 2 aliphatic rings. The third-order valence-corrected chi connectivity index (χ3v) is 7.51. The predicted molar refractivity (Wildman–Crippen MR) is 156 cm³/mol. The number of fused-ring (bicyclic) bond motifs is 1. The van der Waals surface area contributed by atoms with Crippen molar-refractivity contribution in [3.8, 4) is 0 Å². The molecule has 12 nitrogen and oxygen atoms in total. The van der Waals surface area contributed by atoms with Crippen molar-refractivity contribution in [1.82, 2.24) is 10.2 Å². The number of hydrogen-bond acceptors (Lipinski definition) is 9. The highest BCUT2D eigenvalue weighted by Gasteiger charge is 2.45. The Labute approximate surface area is 252 Å². The molecule has 0 saturated carbocycles. The Morgan fingerprint density at radius 1 is 0.953 bits per heavy atom. The zero-order chi connectivity index (χ0) is 31.2. The van der Waals surface area contributed by atoms with Gasteiger partial charge in [0.15, 0.2) is 0 Å². The first kappa shape index (κ1) is 33.9. The van der Waals surface area contributed by atoms with Gasteiger partial charge >= 0.3 is 5.97 Å². The van der Waals surface area contributed by atoms with Crippen LogP contribution in [-0.2, 0) is 33.4 Å². The van der Waals surface area contributed by atoms with Crippen molar-refractivity contribution in [2.45, 2.75) is 84.1 Å². The van der Waals surface area contributed by atoms with Crippen LogP contribution < -0.4 is 10.6 Å². The molecule has 43 heavy (non-hydrogen) atoms. The van der Waals surface area contributed by atoms with E-state index < -0.39 is 29.7 Å². The van der Waals surface area contributed by atoms with Gasteiger partial charge in [-0.25, -0.2) is 0 Å². The molecule has 236 valence electrons. The number of imide groups is 2. The van der Waals surface area contributed by atoms with Gasteiger partial charge in [-0.3, -0.25) is 39.0 Å². The number of benzene rings is 1. The van der Waals surface area contributed by atoms with Crippen LogP contribution in [0.4, 0.5) is 5.69 Å². The fraction of sp³-hybridized carbons (Fsp3) is 0.613. The van der Waals surface area contributed by atoms with Gasteiger partial charge in [0.25, 0.3) is 11.8 Å². The molecule has 1 saturated heterocycles. The standard InChI is InChI=1S/C31H43N3O9/c1-3-5-10-21(4-2)31(40)43-20-19-42-18-17-41-16-8-6-7-13-25(35)32-23-12-9-11-22-27(23)30(39)34(29(22)38)24-14-15-26(36)33-28(24)37/h9,11-12,21,24H,3-8,10,13-20H2,1-2H3,(H,32,35)(H,33,36,37). The van der Waals surface area contributed by atoms with E-state index in [4.69, 9.17) is 14.2 Å². The Balaban J connectivity index is 1.28. The number of nitrogens with one attached hydrogen (secondary N) is 2. The van der Waals surface area contributed by atoms with Crippen LogP contribution in [0.15, 0.2) is 18.2 Å². The smallest absolute Gasteiger partial charge is 0.308 e. The second kappa shape index (κ2) is 17.5. The number of nitrogens with zero attached hydrogens (tertiary/aromatic N) is 1. The van der Waals surface area contributed by atoms with Crippen LogP contribution in [0.3, 0.4) is 0 Å². The van der Waals surface area contributed by atoms with Crippen LogP contribution in [0.5, 0.6) is 0 Å². The Hall–Kier alpha value is -3.64. The van der Waals surface area contributed by atoms with Gasteiger partial charge in [-0.05, 0) is 44.2 Å². The summed E-state index contributed by atoms with van der Waals surface area (Å²) in [5, 5.41) is 4.89. The zero-order valence-electron chi connectivity index (χ0n) is 25.1. The molecule has 2 unspecified atom stereocenters. The third kappa shape index (κ3) is 9.69. The molecule has 3 rings (SSSR count). The number of carbonyl (C=O) groups is 6. The van der Waals surface area contributed by atoms with Crippen LogP contribution in [0, 0.1) is 5.92 Å². The normalized spacial score (nSPS) is 17.1. The number of anilines is 1. The van der Waals surface area contributed by atoms with Crippen LogP contribution in [0.25, 0.3) is 0 Å². The summed E-state index contributed by atoms with van der Waals surface area (Å²) in [7, 11) is 0. The summed E-state index contributed by atoms with van der Waals surface area (Å²) in [5.41, 5.74) is 0.383. The average Bonchev–Trinajstić information content (AvgIpc) is 3.24. The number of ether oxygens (including phenoxy) is 3. The topological polar surface area (TPSA) is 157 Å². The molecular formula is C31H43N3O9. The largest absolute Gasteiger partial charge is 0.463 e. The minimum absolute atomic E-state index is 0.0314. The van der Waals surface area contributed by atoms with Gasteiger partial charge in [-0.1, -0.05) is 39.2 Å². The molecule has 1 aromatic rings. The summed E-state index contributed by atoms with van der Waals surface area (Å²) in [6, 6.07) is 3.53. The Morgan fingerprint density at radius 2 is 1.70 bits per heavy atom. The quantitative estimate of drug-likeness (QED) is 0.138. The molecule has 2 heterocycles. The number of unbranched alkanes of at least 4 members (excludes halogenated alkanes) is 3. The van der Waals surface area contributed by atoms with Crippen molar-refractivity contribution in [2.75, 3.05) is 38.4 Å². The highest BCUT2D eigenvalue weighted by Crippen LogP contribution is 2.32. The van der Waals surface area contributed by atoms with E-state index in [1.165, 1.54) is 6.07 Å². The Kier molecular flexibility index (Phi) is 13.8. The van der Waals surface area contributed by atoms with Crippen molar-refractivity contribution < 1.29 is 43.0 Å². The maximum absolute atomic E-state index is 13.1. The molecule has 0 spiro atoms. The number of carbonyl (C=O) groups excluding carboxylic acids is 6. The van der Waals surface area contributed by atoms with E-state index in [0.29, 0.717) is 32.8 Å². The fourth-order valence-corrected chi connectivity index (χ4v) is 5.08. The molecule has 2 aliphatic heterocycles. The number of rotatable bonds is 19. The summed E-state index contributed by atoms with van der Waals surface area (Å²) < 4.78 is 16.3. The monoisotopic (exact) mass is 601 g/mol. The summed E-state index contributed by atoms with van der Waals surface area (Å²) in [6.07, 6.45) is 6.16. The lowest BCUT2D eigenvalue weighted by molar-refractivity contribution is -0.150. The second-order valence-electron chi connectivity index (χ2n) is 10.7. The summed E-state index contributed by atoms with van der Waals surface area (Å²) in [4.78, 5) is 75.3. The van der Waals surface area contributed by atoms with Crippen LogP contribution in [0.2, 0.25) is 0 Å². The third-order valence-electron chi connectivity index (χ3n) is 7.51. The fourth-order valence-electron chi connectivity index (χ4n) is 5.08. The lowest BCUT2D eigenvalue weighted by Crippen LogP contribution is -2.54. The molecule has 1 fully saturated rings. The van der Waals surface area contributed by atoms with E-state index in [-0.39, 0.29) is 60.5 Å². The molecule has 1 aromatic carbocycles. The van der Waals surface area contributed by atoms with E-state index in [2.05, 4.69) is 17.6 Å². The zero-order valence-corrected chi connectivity index (χ0v) is 25.1. The molecule has 5 amide bonds. The van der Waals surface area contributed by atoms with E-state index >= 15 is 0 Å². The number of piperidine rings is 1. The molecule has 0 aromatic heterocycles. The minimum atomic E-state index is -1.07. The predicted octanol–water partition coefficient (Wildman–Crippen LogP) is 3.38. The first-order valence-electron chi connectivity index (χ1n) is 15.2. The van der Waals surface area contributed by atoms with Crippen molar-refractivity contribution >= 4 is 41.2 Å². The summed E-state index contributed by atoms with van der Waals surface area (Å²) in [5.74, 6) is -2.91. The summed E-state index contributed by atoms with van der Waals surface area (Å²) in [6.45, 7) is 6.00. The number of amides is 5. The van der Waals surface area contributed by atoms with Crippen LogP contribution in [-0.4, -0.2) is 79.5 Å². The van der Waals surface area contributed by atoms with Crippen molar-refractivity contribution in [1.29, 1.82) is 0 Å². The highest BCUT2D eigenvalue weighted by molar-refractivity contribution is 6.26. The minimum Gasteiger partial charge on any atom is -0.463 e. The molecular weight excluding hydrogens is 558 g/mol. The van der Waals surface area contributed by atoms with E-state index in [1.54, 1.807) is 12.1 Å². The molecule has 0 bridgehead atoms. The lowest BCUT2D eigenvalue weighted by atomic mass is 10.00. The van der Waals surface area contributed by atoms with E-state index in [1.807, 2.05) is 6.92 Å². The van der Waals surface area contributed by atoms with Gasteiger partial charge in [0.2, 0.25) is 17.7 Å². The van der Waals surface area contributed by atoms with Gasteiger partial charge in [-0.2, -0.15) is 0 Å². The maximum atomic E-state index is 13.1. The lowest BCUT2D eigenvalue weighted by Gasteiger charge is -2.27. The molecule has 0 aliphatic carbocycles. The van der Waals surface area contributed by atoms with Gasteiger partial charge in [0.1, 0.15) is 12.6 Å². The second-order valence-corrected chi connectivity index (χ2v) is 10.7. The Bertz CT molecular complexity index is 1170. The van der Waals surface area contributed by atoms with Crippen LogP contribution >= 0.6 is 0 Å². The first-order valence-corrected chi connectivity index (χ1v) is 15.2. The Morgan fingerprint density at radius 3 is 2.42 bits per heavy atom. The SMILES string of the molecule is CCCCC(CC)C(=O)OCCOCCOCCCCCC(=O)Nc1cccc2c1C(=O)N(C1CCC(=O)NC1=O)C2=O. The molecule has 0 radical (unpaired) electrons. The van der Waals surface area contributed by atoms with Gasteiger partial charge < -0.3 is 19.5 Å². The maximum Gasteiger partial charge on any atom is 0.308 e. The van der Waals surface area contributed by atoms with Gasteiger partial charge in [-0.15, -0.1) is 0 Å². The van der Waals surface area contributed by atoms with Crippen molar-refractivity contribution in [2.24, 2.45) is 5.92 Å². The van der Waals surface area contributed by atoms with Gasteiger partial charge in [0, 0.05) is 19.4 Å². The molecule has 2 N–H and O–H groups in total. The van der Waals surface area contributed by atoms with Crippen molar-refractivity contribution in [3.05, 3.63) is 29.3 Å². The first-order chi connectivity index (χ1) is 20.8. The highest BCUT2D eigenvalue weighted by atomic mass is 16.6.